The van der Waals surface area contributed by atoms with E-state index in [0.29, 0.717) is 31.1 Å². The molecule has 0 aliphatic carbocycles. The Kier molecular flexibility index (Phi) is 6.42. The summed E-state index contributed by atoms with van der Waals surface area (Å²) in [6, 6.07) is 11.9. The van der Waals surface area contributed by atoms with E-state index >= 15 is 0 Å². The average molecular weight is 490 g/mol. The van der Waals surface area contributed by atoms with Crippen molar-refractivity contribution in [3.63, 3.8) is 0 Å². The zero-order valence-electron chi connectivity index (χ0n) is 15.6. The lowest BCUT2D eigenvalue weighted by molar-refractivity contribution is -0.121. The molecule has 3 heterocycles. The predicted octanol–water partition coefficient (Wildman–Crippen LogP) is 5.05. The first-order chi connectivity index (χ1) is 14.1. The summed E-state index contributed by atoms with van der Waals surface area (Å²) >= 11 is 6.41. The Labute approximate surface area is 185 Å². The Bertz CT molecular complexity index is 978. The van der Waals surface area contributed by atoms with Crippen LogP contribution in [0.1, 0.15) is 33.0 Å². The first-order valence-corrected chi connectivity index (χ1v) is 11.9. The monoisotopic (exact) mass is 489 g/mol. The van der Waals surface area contributed by atoms with Gasteiger partial charge in [-0.1, -0.05) is 34.1 Å². The Morgan fingerprint density at radius 3 is 2.62 bits per heavy atom. The minimum Gasteiger partial charge on any atom is -0.338 e. The number of thiophene rings is 1. The van der Waals surface area contributed by atoms with E-state index in [0.717, 1.165) is 20.6 Å². The quantitative estimate of drug-likeness (QED) is 0.545. The van der Waals surface area contributed by atoms with Crippen LogP contribution >= 0.6 is 38.6 Å². The van der Waals surface area contributed by atoms with E-state index in [1.54, 1.807) is 0 Å². The number of nitrogens with one attached hydrogen (secondary N) is 1. The summed E-state index contributed by atoms with van der Waals surface area (Å²) in [5.74, 6) is -0.0182. The molecule has 1 N–H and O–H groups in total. The maximum Gasteiger partial charge on any atom is 0.263 e. The highest BCUT2D eigenvalue weighted by Gasteiger charge is 2.28. The van der Waals surface area contributed by atoms with E-state index in [4.69, 9.17) is 0 Å². The zero-order chi connectivity index (χ0) is 20.2. The summed E-state index contributed by atoms with van der Waals surface area (Å²) in [7, 11) is 0. The second kappa shape index (κ2) is 9.19. The fourth-order valence-corrected chi connectivity index (χ4v) is 5.16. The molecule has 29 heavy (non-hydrogen) atoms. The van der Waals surface area contributed by atoms with Gasteiger partial charge >= 0.3 is 0 Å². The molecule has 150 valence electrons. The highest BCUT2D eigenvalue weighted by Crippen LogP contribution is 2.25. The summed E-state index contributed by atoms with van der Waals surface area (Å²) in [6.07, 6.45) is 3.98. The van der Waals surface area contributed by atoms with Crippen LogP contribution in [0.5, 0.6) is 0 Å². The number of piperidine rings is 1. The zero-order valence-corrected chi connectivity index (χ0v) is 18.9. The molecule has 0 spiro atoms. The van der Waals surface area contributed by atoms with Crippen LogP contribution in [0, 0.1) is 5.92 Å². The van der Waals surface area contributed by atoms with Crippen LogP contribution in [0.25, 0.3) is 0 Å². The SMILES string of the molecule is O=C(Nc1ncc(Cc2ccc(Br)cc2)s1)C1CCN(C(=O)c2cccs2)CC1. The summed E-state index contributed by atoms with van der Waals surface area (Å²) in [5, 5.41) is 5.51. The van der Waals surface area contributed by atoms with E-state index < -0.39 is 0 Å². The molecule has 0 unspecified atom stereocenters. The van der Waals surface area contributed by atoms with Gasteiger partial charge in [0, 0.05) is 41.0 Å². The number of rotatable bonds is 5. The molecule has 5 nitrogen and oxygen atoms in total. The van der Waals surface area contributed by atoms with Crippen molar-refractivity contribution >= 4 is 55.5 Å². The normalized spacial score (nSPS) is 14.7. The van der Waals surface area contributed by atoms with Gasteiger partial charge in [-0.2, -0.15) is 0 Å². The number of carbonyl (C=O) groups excluding carboxylic acids is 2. The van der Waals surface area contributed by atoms with Crippen molar-refractivity contribution in [2.24, 2.45) is 5.92 Å². The molecule has 1 aromatic carbocycles. The van der Waals surface area contributed by atoms with Gasteiger partial charge in [0.2, 0.25) is 5.91 Å². The minimum atomic E-state index is -0.0822. The highest BCUT2D eigenvalue weighted by atomic mass is 79.9. The van der Waals surface area contributed by atoms with Crippen molar-refractivity contribution in [3.05, 3.63) is 67.8 Å². The molecule has 0 saturated carbocycles. The summed E-state index contributed by atoms with van der Waals surface area (Å²) in [4.78, 5) is 33.1. The number of halogens is 1. The molecular weight excluding hydrogens is 470 g/mol. The van der Waals surface area contributed by atoms with Gasteiger partial charge in [0.15, 0.2) is 5.13 Å². The van der Waals surface area contributed by atoms with Crippen molar-refractivity contribution in [2.75, 3.05) is 18.4 Å². The smallest absolute Gasteiger partial charge is 0.263 e. The Balaban J connectivity index is 1.28. The average Bonchev–Trinajstić information content (AvgIpc) is 3.42. The van der Waals surface area contributed by atoms with Crippen molar-refractivity contribution in [3.8, 4) is 0 Å². The van der Waals surface area contributed by atoms with E-state index in [1.807, 2.05) is 40.7 Å². The standard InChI is InChI=1S/C21H20BrN3O2S2/c22-16-5-3-14(4-6-16)12-17-13-23-21(29-17)24-19(26)15-7-9-25(10-8-15)20(27)18-2-1-11-28-18/h1-6,11,13,15H,7-10,12H2,(H,23,24,26). The van der Waals surface area contributed by atoms with Crippen LogP contribution in [0.2, 0.25) is 0 Å². The number of amides is 2. The Morgan fingerprint density at radius 2 is 1.93 bits per heavy atom. The highest BCUT2D eigenvalue weighted by molar-refractivity contribution is 9.10. The van der Waals surface area contributed by atoms with E-state index in [2.05, 4.69) is 38.4 Å². The lowest BCUT2D eigenvalue weighted by Crippen LogP contribution is -2.41. The van der Waals surface area contributed by atoms with Crippen molar-refractivity contribution in [2.45, 2.75) is 19.3 Å². The lowest BCUT2D eigenvalue weighted by Gasteiger charge is -2.30. The number of benzene rings is 1. The number of nitrogens with zero attached hydrogens (tertiary/aromatic N) is 2. The van der Waals surface area contributed by atoms with Gasteiger partial charge in [-0.3, -0.25) is 9.59 Å². The summed E-state index contributed by atoms with van der Waals surface area (Å²) in [6.45, 7) is 1.23. The van der Waals surface area contributed by atoms with Crippen LogP contribution in [0.15, 0.2) is 52.4 Å². The second-order valence-electron chi connectivity index (χ2n) is 6.97. The van der Waals surface area contributed by atoms with Gasteiger partial charge in [0.1, 0.15) is 0 Å². The van der Waals surface area contributed by atoms with Crippen LogP contribution in [0.4, 0.5) is 5.13 Å². The molecule has 8 heteroatoms. The van der Waals surface area contributed by atoms with E-state index in [9.17, 15) is 9.59 Å². The molecule has 1 fully saturated rings. The Morgan fingerprint density at radius 1 is 1.17 bits per heavy atom. The third-order valence-electron chi connectivity index (χ3n) is 4.96. The first-order valence-electron chi connectivity index (χ1n) is 9.41. The molecule has 3 aromatic rings. The molecule has 1 aliphatic rings. The number of thiazole rings is 1. The molecule has 0 bridgehead atoms. The number of likely N-dealkylation sites (tertiary alicyclic amines) is 1. The summed E-state index contributed by atoms with van der Waals surface area (Å²) < 4.78 is 1.06. The molecule has 0 radical (unpaired) electrons. The van der Waals surface area contributed by atoms with Crippen molar-refractivity contribution in [1.82, 2.24) is 9.88 Å². The van der Waals surface area contributed by atoms with Gasteiger partial charge in [0.25, 0.3) is 5.91 Å². The van der Waals surface area contributed by atoms with Crippen LogP contribution in [-0.2, 0) is 11.2 Å². The van der Waals surface area contributed by atoms with E-state index in [-0.39, 0.29) is 17.7 Å². The number of carbonyl (C=O) groups is 2. The van der Waals surface area contributed by atoms with Gasteiger partial charge in [-0.05, 0) is 42.0 Å². The number of hydrogen-bond donors (Lipinski definition) is 1. The fourth-order valence-electron chi connectivity index (χ4n) is 3.36. The van der Waals surface area contributed by atoms with Gasteiger partial charge < -0.3 is 10.2 Å². The fraction of sp³-hybridized carbons (Fsp3) is 0.286. The second-order valence-corrected chi connectivity index (χ2v) is 9.95. The summed E-state index contributed by atoms with van der Waals surface area (Å²) in [5.41, 5.74) is 1.21. The molecule has 4 rings (SSSR count). The number of anilines is 1. The van der Waals surface area contributed by atoms with Crippen LogP contribution in [0.3, 0.4) is 0 Å². The molecular formula is C21H20BrN3O2S2. The van der Waals surface area contributed by atoms with Gasteiger partial charge in [-0.25, -0.2) is 4.98 Å². The van der Waals surface area contributed by atoms with Crippen LogP contribution in [-0.4, -0.2) is 34.8 Å². The molecule has 2 amide bonds. The minimum absolute atomic E-state index is 0.00207. The maximum atomic E-state index is 12.6. The van der Waals surface area contributed by atoms with Gasteiger partial charge in [0.05, 0.1) is 4.88 Å². The molecule has 2 aromatic heterocycles. The van der Waals surface area contributed by atoms with E-state index in [1.165, 1.54) is 28.2 Å². The first kappa shape index (κ1) is 20.3. The third kappa shape index (κ3) is 5.12. The largest absolute Gasteiger partial charge is 0.338 e. The van der Waals surface area contributed by atoms with Crippen LogP contribution < -0.4 is 5.32 Å². The number of aromatic nitrogens is 1. The molecule has 0 atom stereocenters. The van der Waals surface area contributed by atoms with Crippen molar-refractivity contribution < 1.29 is 9.59 Å². The molecule has 1 saturated heterocycles. The van der Waals surface area contributed by atoms with Crippen molar-refractivity contribution in [1.29, 1.82) is 0 Å². The lowest BCUT2D eigenvalue weighted by atomic mass is 9.96. The topological polar surface area (TPSA) is 62.3 Å². The molecule has 1 aliphatic heterocycles. The third-order valence-corrected chi connectivity index (χ3v) is 7.26. The maximum absolute atomic E-state index is 12.6. The predicted molar refractivity (Wildman–Crippen MR) is 121 cm³/mol. The van der Waals surface area contributed by atoms with Gasteiger partial charge in [-0.15, -0.1) is 22.7 Å². The number of hydrogen-bond acceptors (Lipinski definition) is 5. The Hall–Kier alpha value is -2.03.